The monoisotopic (exact) mass is 283 g/mol. The highest BCUT2D eigenvalue weighted by molar-refractivity contribution is 6.03. The smallest absolute Gasteiger partial charge is 0.281 e. The molecule has 3 rings (SSSR count). The van der Waals surface area contributed by atoms with Crippen LogP contribution in [0.2, 0.25) is 0 Å². The molecule has 0 radical (unpaired) electrons. The number of fused-ring (bicyclic) bond motifs is 1. The molecule has 0 unspecified atom stereocenters. The van der Waals surface area contributed by atoms with Crippen LogP contribution >= 0.6 is 0 Å². The Morgan fingerprint density at radius 1 is 1.00 bits per heavy atom. The summed E-state index contributed by atoms with van der Waals surface area (Å²) in [5.74, 6) is 0.491. The summed E-state index contributed by atoms with van der Waals surface area (Å²) < 4.78 is 2.59. The first-order chi connectivity index (χ1) is 9.99. The van der Waals surface area contributed by atoms with Gasteiger partial charge >= 0.3 is 5.69 Å². The molecule has 1 aromatic carbocycles. The average molecular weight is 283 g/mol. The van der Waals surface area contributed by atoms with Crippen LogP contribution in [0.15, 0.2) is 38.8 Å². The number of benzene rings is 1. The number of aryl methyl sites for hydroxylation is 1. The lowest BCUT2D eigenvalue weighted by atomic mass is 9.99. The van der Waals surface area contributed by atoms with E-state index < -0.39 is 0 Å². The van der Waals surface area contributed by atoms with Crippen molar-refractivity contribution in [3.05, 3.63) is 61.8 Å². The van der Waals surface area contributed by atoms with E-state index >= 15 is 0 Å². The molecule has 0 spiro atoms. The van der Waals surface area contributed by atoms with Crippen molar-refractivity contribution in [2.24, 2.45) is 19.1 Å². The Morgan fingerprint density at radius 3 is 2.33 bits per heavy atom. The van der Waals surface area contributed by atoms with E-state index in [0.717, 1.165) is 15.8 Å². The predicted molar refractivity (Wildman–Crippen MR) is 82.6 cm³/mol. The highest BCUT2D eigenvalue weighted by Gasteiger charge is 2.20. The molecule has 1 aromatic heterocycles. The van der Waals surface area contributed by atoms with E-state index in [1.165, 1.54) is 17.2 Å². The second-order valence-corrected chi connectivity index (χ2v) is 5.43. The molecule has 0 amide bonds. The van der Waals surface area contributed by atoms with Crippen LogP contribution in [0.25, 0.3) is 0 Å². The maximum absolute atomic E-state index is 12.2. The molecule has 0 fully saturated rings. The quantitative estimate of drug-likeness (QED) is 0.795. The predicted octanol–water partition coefficient (Wildman–Crippen LogP) is 1.46. The van der Waals surface area contributed by atoms with E-state index in [1.54, 1.807) is 7.05 Å². The Labute approximate surface area is 122 Å². The van der Waals surface area contributed by atoms with Gasteiger partial charge < -0.3 is 0 Å². The molecule has 1 aliphatic heterocycles. The van der Waals surface area contributed by atoms with Crippen LogP contribution in [0.4, 0.5) is 5.82 Å². The first-order valence-electron chi connectivity index (χ1n) is 6.92. The summed E-state index contributed by atoms with van der Waals surface area (Å²) in [6, 6.07) is 8.13. The van der Waals surface area contributed by atoms with Gasteiger partial charge in [0.2, 0.25) is 0 Å². The third-order valence-electron chi connectivity index (χ3n) is 3.96. The van der Waals surface area contributed by atoms with Gasteiger partial charge in [-0.3, -0.25) is 13.9 Å². The lowest BCUT2D eigenvalue weighted by Crippen LogP contribution is -2.39. The summed E-state index contributed by atoms with van der Waals surface area (Å²) >= 11 is 0. The molecule has 2 heterocycles. The van der Waals surface area contributed by atoms with E-state index in [-0.39, 0.29) is 11.2 Å². The van der Waals surface area contributed by atoms with Crippen molar-refractivity contribution in [2.45, 2.75) is 19.8 Å². The highest BCUT2D eigenvalue weighted by atomic mass is 16.2. The number of hydrogen-bond acceptors (Lipinski definition) is 3. The Kier molecular flexibility index (Phi) is 3.12. The zero-order chi connectivity index (χ0) is 15.1. The lowest BCUT2D eigenvalue weighted by molar-refractivity contribution is 0.667. The van der Waals surface area contributed by atoms with Gasteiger partial charge in [0.1, 0.15) is 5.82 Å². The minimum Gasteiger partial charge on any atom is -0.281 e. The van der Waals surface area contributed by atoms with Crippen LogP contribution in [0.1, 0.15) is 23.1 Å². The fourth-order valence-electron chi connectivity index (χ4n) is 2.65. The van der Waals surface area contributed by atoms with Crippen LogP contribution in [0, 0.1) is 6.92 Å². The average Bonchev–Trinajstić information content (AvgIpc) is 2.51. The standard InChI is InChI=1S/C16H17N3O2/c1-10-4-6-11(7-5-10)13-9-8-12-14(17-13)18(2)16(21)19(3)15(12)20/h4-7H,8-9H2,1-3H3. The zero-order valence-corrected chi connectivity index (χ0v) is 12.4. The molecule has 5 nitrogen and oxygen atoms in total. The molecule has 108 valence electrons. The van der Waals surface area contributed by atoms with Gasteiger partial charge in [-0.2, -0.15) is 0 Å². The minimum absolute atomic E-state index is 0.236. The molecular formula is C16H17N3O2. The molecule has 0 saturated carbocycles. The lowest BCUT2D eigenvalue weighted by Gasteiger charge is -2.18. The van der Waals surface area contributed by atoms with Crippen molar-refractivity contribution >= 4 is 11.5 Å². The van der Waals surface area contributed by atoms with Gasteiger partial charge in [-0.25, -0.2) is 9.79 Å². The van der Waals surface area contributed by atoms with E-state index in [1.807, 2.05) is 31.2 Å². The Hall–Kier alpha value is -2.43. The van der Waals surface area contributed by atoms with Gasteiger partial charge in [-0.15, -0.1) is 0 Å². The topological polar surface area (TPSA) is 56.4 Å². The normalized spacial score (nSPS) is 13.8. The second-order valence-electron chi connectivity index (χ2n) is 5.43. The third kappa shape index (κ3) is 2.14. The van der Waals surface area contributed by atoms with Crippen LogP contribution in [-0.2, 0) is 20.5 Å². The summed E-state index contributed by atoms with van der Waals surface area (Å²) in [5, 5.41) is 0. The minimum atomic E-state index is -0.340. The molecule has 0 bridgehead atoms. The maximum Gasteiger partial charge on any atom is 0.332 e. The number of hydrogen-bond donors (Lipinski definition) is 0. The number of aliphatic imine (C=N–C) groups is 1. The second kappa shape index (κ2) is 4.84. The van der Waals surface area contributed by atoms with Gasteiger partial charge in [-0.05, 0) is 25.3 Å². The van der Waals surface area contributed by atoms with Crippen molar-refractivity contribution in [3.63, 3.8) is 0 Å². The van der Waals surface area contributed by atoms with Crippen molar-refractivity contribution in [2.75, 3.05) is 0 Å². The molecule has 21 heavy (non-hydrogen) atoms. The van der Waals surface area contributed by atoms with Gasteiger partial charge in [0, 0.05) is 14.1 Å². The first-order valence-corrected chi connectivity index (χ1v) is 6.92. The molecule has 2 aromatic rings. The highest BCUT2D eigenvalue weighted by Crippen LogP contribution is 2.23. The Morgan fingerprint density at radius 2 is 1.67 bits per heavy atom. The number of aromatic nitrogens is 2. The zero-order valence-electron chi connectivity index (χ0n) is 12.4. The molecule has 0 aliphatic carbocycles. The Balaban J connectivity index is 2.20. The van der Waals surface area contributed by atoms with E-state index in [9.17, 15) is 9.59 Å². The third-order valence-corrected chi connectivity index (χ3v) is 3.96. The molecule has 1 aliphatic rings. The molecular weight excluding hydrogens is 266 g/mol. The number of nitrogens with zero attached hydrogens (tertiary/aromatic N) is 3. The van der Waals surface area contributed by atoms with Gasteiger partial charge in [0.05, 0.1) is 11.3 Å². The van der Waals surface area contributed by atoms with Gasteiger partial charge in [0.25, 0.3) is 5.56 Å². The fourth-order valence-corrected chi connectivity index (χ4v) is 2.65. The molecule has 0 atom stereocenters. The van der Waals surface area contributed by atoms with Crippen LogP contribution in [-0.4, -0.2) is 14.8 Å². The summed E-state index contributed by atoms with van der Waals surface area (Å²) in [6.07, 6.45) is 1.33. The fraction of sp³-hybridized carbons (Fsp3) is 0.312. The van der Waals surface area contributed by atoms with E-state index in [0.29, 0.717) is 24.2 Å². The van der Waals surface area contributed by atoms with E-state index in [4.69, 9.17) is 0 Å². The summed E-state index contributed by atoms with van der Waals surface area (Å²) in [6.45, 7) is 2.04. The van der Waals surface area contributed by atoms with Crippen molar-refractivity contribution in [1.29, 1.82) is 0 Å². The van der Waals surface area contributed by atoms with Crippen molar-refractivity contribution in [1.82, 2.24) is 9.13 Å². The van der Waals surface area contributed by atoms with E-state index in [2.05, 4.69) is 4.99 Å². The summed E-state index contributed by atoms with van der Waals surface area (Å²) in [7, 11) is 3.16. The number of rotatable bonds is 1. The van der Waals surface area contributed by atoms with Gasteiger partial charge in [0.15, 0.2) is 0 Å². The SMILES string of the molecule is Cc1ccc(C2=Nc3c(c(=O)n(C)c(=O)n3C)CC2)cc1. The Bertz CT molecular complexity index is 855. The largest absolute Gasteiger partial charge is 0.332 e. The molecule has 0 N–H and O–H groups in total. The molecule has 0 saturated heterocycles. The summed E-state index contributed by atoms with van der Waals surface area (Å²) in [4.78, 5) is 28.7. The van der Waals surface area contributed by atoms with Crippen molar-refractivity contribution in [3.8, 4) is 0 Å². The van der Waals surface area contributed by atoms with Crippen LogP contribution in [0.5, 0.6) is 0 Å². The first kappa shape index (κ1) is 13.5. The van der Waals surface area contributed by atoms with Gasteiger partial charge in [-0.1, -0.05) is 29.8 Å². The summed E-state index contributed by atoms with van der Waals surface area (Å²) in [5.41, 5.74) is 3.20. The molecule has 5 heteroatoms. The van der Waals surface area contributed by atoms with Crippen LogP contribution < -0.4 is 11.2 Å². The van der Waals surface area contributed by atoms with Crippen LogP contribution in [0.3, 0.4) is 0 Å². The van der Waals surface area contributed by atoms with Crippen molar-refractivity contribution < 1.29 is 0 Å². The maximum atomic E-state index is 12.2.